The molecule has 1 aliphatic heterocycles. The van der Waals surface area contributed by atoms with Crippen LogP contribution in [0.1, 0.15) is 48.7 Å². The molecule has 1 aromatic heterocycles. The molecule has 1 aromatic carbocycles. The number of benzene rings is 1. The third-order valence-electron chi connectivity index (χ3n) is 5.95. The topological polar surface area (TPSA) is 80.6 Å². The molecule has 0 spiro atoms. The molecule has 156 valence electrons. The van der Waals surface area contributed by atoms with Crippen LogP contribution in [0.4, 0.5) is 10.5 Å². The van der Waals surface area contributed by atoms with E-state index < -0.39 is 17.8 Å². The Balaban J connectivity index is 1.70. The highest BCUT2D eigenvalue weighted by atomic mass is 16.5. The predicted molar refractivity (Wildman–Crippen MR) is 113 cm³/mol. The fourth-order valence-corrected chi connectivity index (χ4v) is 4.45. The number of methoxy groups -OCH3 is 1. The molecule has 1 saturated carbocycles. The second kappa shape index (κ2) is 7.82. The molecule has 0 bridgehead atoms. The van der Waals surface area contributed by atoms with Crippen LogP contribution in [0.25, 0.3) is 6.08 Å². The number of carbonyl (C=O) groups is 3. The normalized spacial score (nSPS) is 19.0. The maximum atomic E-state index is 13.1. The Bertz CT molecular complexity index is 1040. The van der Waals surface area contributed by atoms with Crippen LogP contribution in [0.5, 0.6) is 5.75 Å². The van der Waals surface area contributed by atoms with Crippen LogP contribution >= 0.6 is 0 Å². The molecule has 4 amide bonds. The summed E-state index contributed by atoms with van der Waals surface area (Å²) in [6.07, 6.45) is 6.32. The van der Waals surface area contributed by atoms with Crippen molar-refractivity contribution in [3.05, 3.63) is 52.9 Å². The number of nitrogens with zero attached hydrogens (tertiary/aromatic N) is 2. The molecular weight excluding hydrogens is 382 g/mol. The number of ether oxygens (including phenoxy) is 1. The first-order valence-electron chi connectivity index (χ1n) is 10.1. The Morgan fingerprint density at radius 1 is 1.07 bits per heavy atom. The van der Waals surface area contributed by atoms with Crippen molar-refractivity contribution in [3.63, 3.8) is 0 Å². The molecular formula is C23H25N3O4. The number of imide groups is 2. The summed E-state index contributed by atoms with van der Waals surface area (Å²) < 4.78 is 7.43. The Morgan fingerprint density at radius 2 is 1.73 bits per heavy atom. The Hall–Kier alpha value is -3.35. The number of urea groups is 1. The van der Waals surface area contributed by atoms with E-state index in [1.165, 1.54) is 20.0 Å². The number of nitrogens with one attached hydrogen (secondary N) is 1. The number of rotatable bonds is 4. The monoisotopic (exact) mass is 407 g/mol. The van der Waals surface area contributed by atoms with Gasteiger partial charge in [-0.1, -0.05) is 12.8 Å². The number of anilines is 1. The fraction of sp³-hybridized carbons (Fsp3) is 0.348. The largest absolute Gasteiger partial charge is 0.497 e. The lowest BCUT2D eigenvalue weighted by Gasteiger charge is -2.26. The molecule has 2 fully saturated rings. The summed E-state index contributed by atoms with van der Waals surface area (Å²) in [6.45, 7) is 4.05. The molecule has 1 N–H and O–H groups in total. The number of carbonyl (C=O) groups excluding carboxylic acids is 3. The molecule has 1 saturated heterocycles. The number of hydrogen-bond acceptors (Lipinski definition) is 4. The smallest absolute Gasteiger partial charge is 0.335 e. The van der Waals surface area contributed by atoms with Crippen LogP contribution < -0.4 is 15.0 Å². The van der Waals surface area contributed by atoms with E-state index in [0.29, 0.717) is 17.5 Å². The summed E-state index contributed by atoms with van der Waals surface area (Å²) in [5.41, 5.74) is 3.27. The summed E-state index contributed by atoms with van der Waals surface area (Å²) >= 11 is 0. The number of aromatic nitrogens is 1. The zero-order chi connectivity index (χ0) is 21.4. The standard InChI is InChI=1S/C23H25N3O4/c1-14-12-16(15(2)25(14)17-6-4-5-7-17)13-20-21(27)24-23(29)26(22(20)28)18-8-10-19(30-3)11-9-18/h8-13,17H,4-7H2,1-3H3,(H,24,27,29). The van der Waals surface area contributed by atoms with E-state index in [2.05, 4.69) is 9.88 Å². The lowest BCUT2D eigenvalue weighted by atomic mass is 10.1. The van der Waals surface area contributed by atoms with Crippen molar-refractivity contribution in [2.24, 2.45) is 0 Å². The number of aryl methyl sites for hydroxylation is 1. The predicted octanol–water partition coefficient (Wildman–Crippen LogP) is 3.90. The molecule has 1 aliphatic carbocycles. The molecule has 0 atom stereocenters. The lowest BCUT2D eigenvalue weighted by Crippen LogP contribution is -2.54. The van der Waals surface area contributed by atoms with Crippen LogP contribution in [0.3, 0.4) is 0 Å². The Kier molecular flexibility index (Phi) is 5.20. The highest BCUT2D eigenvalue weighted by Gasteiger charge is 2.37. The van der Waals surface area contributed by atoms with Gasteiger partial charge in [-0.2, -0.15) is 0 Å². The van der Waals surface area contributed by atoms with Gasteiger partial charge in [0.1, 0.15) is 11.3 Å². The zero-order valence-electron chi connectivity index (χ0n) is 17.4. The summed E-state index contributed by atoms with van der Waals surface area (Å²) in [4.78, 5) is 38.9. The highest BCUT2D eigenvalue weighted by molar-refractivity contribution is 6.39. The number of barbiturate groups is 1. The van der Waals surface area contributed by atoms with Crippen molar-refractivity contribution in [1.82, 2.24) is 9.88 Å². The minimum atomic E-state index is -0.760. The lowest BCUT2D eigenvalue weighted by molar-refractivity contribution is -0.122. The van der Waals surface area contributed by atoms with Crippen LogP contribution in [0.15, 0.2) is 35.9 Å². The molecule has 2 heterocycles. The number of amides is 4. The summed E-state index contributed by atoms with van der Waals surface area (Å²) in [6, 6.07) is 8.23. The molecule has 30 heavy (non-hydrogen) atoms. The van der Waals surface area contributed by atoms with E-state index in [9.17, 15) is 14.4 Å². The SMILES string of the molecule is COc1ccc(N2C(=O)NC(=O)C(=Cc3cc(C)n(C4CCCC4)c3C)C2=O)cc1. The van der Waals surface area contributed by atoms with Crippen LogP contribution in [-0.2, 0) is 9.59 Å². The molecule has 7 heteroatoms. The Morgan fingerprint density at radius 3 is 2.37 bits per heavy atom. The average Bonchev–Trinajstić information content (AvgIpc) is 3.33. The second-order valence-electron chi connectivity index (χ2n) is 7.79. The fourth-order valence-electron chi connectivity index (χ4n) is 4.45. The molecule has 0 unspecified atom stereocenters. The molecule has 4 rings (SSSR count). The first-order chi connectivity index (χ1) is 14.4. The van der Waals surface area contributed by atoms with Crippen molar-refractivity contribution in [2.45, 2.75) is 45.6 Å². The van der Waals surface area contributed by atoms with Crippen LogP contribution in [-0.4, -0.2) is 29.5 Å². The van der Waals surface area contributed by atoms with Gasteiger partial charge >= 0.3 is 6.03 Å². The van der Waals surface area contributed by atoms with Crippen molar-refractivity contribution in [3.8, 4) is 5.75 Å². The van der Waals surface area contributed by atoms with Crippen molar-refractivity contribution < 1.29 is 19.1 Å². The second-order valence-corrected chi connectivity index (χ2v) is 7.79. The summed E-state index contributed by atoms with van der Waals surface area (Å²) in [5.74, 6) is -0.713. The third kappa shape index (κ3) is 3.40. The quantitative estimate of drug-likeness (QED) is 0.616. The van der Waals surface area contributed by atoms with E-state index in [-0.39, 0.29) is 5.57 Å². The minimum absolute atomic E-state index is 0.0583. The van der Waals surface area contributed by atoms with Gasteiger partial charge in [0, 0.05) is 17.4 Å². The average molecular weight is 407 g/mol. The van der Waals surface area contributed by atoms with Gasteiger partial charge in [-0.3, -0.25) is 14.9 Å². The first-order valence-corrected chi connectivity index (χ1v) is 10.1. The molecule has 2 aromatic rings. The van der Waals surface area contributed by atoms with Gasteiger partial charge in [-0.05, 0) is 68.7 Å². The van der Waals surface area contributed by atoms with E-state index >= 15 is 0 Å². The number of hydrogen-bond donors (Lipinski definition) is 1. The highest BCUT2D eigenvalue weighted by Crippen LogP contribution is 2.34. The van der Waals surface area contributed by atoms with Gasteiger partial charge < -0.3 is 9.30 Å². The maximum Gasteiger partial charge on any atom is 0.335 e. The maximum absolute atomic E-state index is 13.1. The molecule has 7 nitrogen and oxygen atoms in total. The Labute approximate surface area is 175 Å². The van der Waals surface area contributed by atoms with Gasteiger partial charge in [0.15, 0.2) is 0 Å². The molecule has 0 radical (unpaired) electrons. The first kappa shape index (κ1) is 19.9. The van der Waals surface area contributed by atoms with Crippen LogP contribution in [0.2, 0.25) is 0 Å². The van der Waals surface area contributed by atoms with Crippen LogP contribution in [0, 0.1) is 13.8 Å². The van der Waals surface area contributed by atoms with Crippen molar-refractivity contribution in [2.75, 3.05) is 12.0 Å². The van der Waals surface area contributed by atoms with Gasteiger partial charge in [-0.15, -0.1) is 0 Å². The molecule has 2 aliphatic rings. The van der Waals surface area contributed by atoms with Crippen molar-refractivity contribution in [1.29, 1.82) is 0 Å². The third-order valence-corrected chi connectivity index (χ3v) is 5.95. The summed E-state index contributed by atoms with van der Waals surface area (Å²) in [5, 5.41) is 2.27. The van der Waals surface area contributed by atoms with Gasteiger partial charge in [0.05, 0.1) is 12.8 Å². The van der Waals surface area contributed by atoms with Gasteiger partial charge in [0.2, 0.25) is 0 Å². The van der Waals surface area contributed by atoms with Gasteiger partial charge in [0.25, 0.3) is 11.8 Å². The summed E-state index contributed by atoms with van der Waals surface area (Å²) in [7, 11) is 1.54. The minimum Gasteiger partial charge on any atom is -0.497 e. The van der Waals surface area contributed by atoms with E-state index in [4.69, 9.17) is 4.74 Å². The van der Waals surface area contributed by atoms with Gasteiger partial charge in [-0.25, -0.2) is 9.69 Å². The van der Waals surface area contributed by atoms with E-state index in [1.54, 1.807) is 30.3 Å². The zero-order valence-corrected chi connectivity index (χ0v) is 17.4. The van der Waals surface area contributed by atoms with Crippen molar-refractivity contribution >= 4 is 29.6 Å². The van der Waals surface area contributed by atoms with E-state index in [1.807, 2.05) is 19.9 Å². The van der Waals surface area contributed by atoms with E-state index in [0.717, 1.165) is 34.7 Å².